The zero-order chi connectivity index (χ0) is 16.0. The molecule has 0 aliphatic rings. The second kappa shape index (κ2) is 6.80. The van der Waals surface area contributed by atoms with E-state index >= 15 is 0 Å². The number of carbonyl (C=O) groups is 3. The van der Waals surface area contributed by atoms with Crippen molar-refractivity contribution in [3.05, 3.63) is 41.8 Å². The van der Waals surface area contributed by atoms with Crippen molar-refractivity contribution in [3.63, 3.8) is 0 Å². The third-order valence-electron chi connectivity index (χ3n) is 2.46. The van der Waals surface area contributed by atoms with Crippen molar-refractivity contribution in [2.24, 2.45) is 0 Å². The van der Waals surface area contributed by atoms with E-state index in [0.29, 0.717) is 0 Å². The molecule has 8 heteroatoms. The van der Waals surface area contributed by atoms with Crippen molar-refractivity contribution in [1.82, 2.24) is 5.06 Å². The fourth-order valence-corrected chi connectivity index (χ4v) is 2.01. The number of hydrogen-bond acceptors (Lipinski definition) is 6. The fraction of sp³-hybridized carbons (Fsp3) is 0.154. The zero-order valence-electron chi connectivity index (χ0n) is 11.2. The Labute approximate surface area is 121 Å². The molecule has 0 aliphatic carbocycles. The molecule has 21 heavy (non-hydrogen) atoms. The monoisotopic (exact) mass is 311 g/mol. The second-order valence-electron chi connectivity index (χ2n) is 3.79. The van der Waals surface area contributed by atoms with Gasteiger partial charge < -0.3 is 4.84 Å². The molecule has 7 nitrogen and oxygen atoms in total. The first-order chi connectivity index (χ1) is 9.85. The molecule has 1 aromatic rings. The van der Waals surface area contributed by atoms with Crippen LogP contribution in [0.5, 0.6) is 0 Å². The van der Waals surface area contributed by atoms with Crippen molar-refractivity contribution in [1.29, 1.82) is 0 Å². The molecule has 0 saturated heterocycles. The van der Waals surface area contributed by atoms with Crippen molar-refractivity contribution in [2.45, 2.75) is 18.2 Å². The van der Waals surface area contributed by atoms with Crippen LogP contribution < -0.4 is 0 Å². The van der Waals surface area contributed by atoms with Gasteiger partial charge in [-0.15, -0.1) is 5.06 Å². The standard InChI is InChI=1S/C13H13NO6S/c1-3-12(16)14(9-15)20-13(17)10-5-7-11(8-6-10)21(18,19)4-2/h4-9H,2-3H2,1H3. The molecular formula is C13H13NO6S. The third-order valence-corrected chi connectivity index (χ3v) is 3.83. The lowest BCUT2D eigenvalue weighted by atomic mass is 10.2. The third kappa shape index (κ3) is 3.99. The highest BCUT2D eigenvalue weighted by Crippen LogP contribution is 2.14. The first-order valence-corrected chi connectivity index (χ1v) is 7.37. The molecular weight excluding hydrogens is 298 g/mol. The highest BCUT2D eigenvalue weighted by molar-refractivity contribution is 7.94. The van der Waals surface area contributed by atoms with Gasteiger partial charge in [-0.1, -0.05) is 13.5 Å². The number of nitrogens with zero attached hydrogens (tertiary/aromatic N) is 1. The Morgan fingerprint density at radius 3 is 2.29 bits per heavy atom. The Kier molecular flexibility index (Phi) is 5.37. The molecule has 0 aliphatic heterocycles. The minimum Gasteiger partial charge on any atom is -0.325 e. The smallest absolute Gasteiger partial charge is 0.325 e. The summed E-state index contributed by atoms with van der Waals surface area (Å²) in [7, 11) is -3.59. The molecule has 112 valence electrons. The van der Waals surface area contributed by atoms with Crippen LogP contribution in [0.25, 0.3) is 0 Å². The molecule has 1 rings (SSSR count). The quantitative estimate of drug-likeness (QED) is 0.596. The molecule has 0 spiro atoms. The van der Waals surface area contributed by atoms with Gasteiger partial charge in [-0.3, -0.25) is 9.59 Å². The Balaban J connectivity index is 2.92. The number of hydrogen-bond donors (Lipinski definition) is 0. The summed E-state index contributed by atoms with van der Waals surface area (Å²) in [6, 6.07) is 4.80. The molecule has 0 N–H and O–H groups in total. The largest absolute Gasteiger partial charge is 0.363 e. The number of imide groups is 1. The first kappa shape index (κ1) is 16.6. The van der Waals surface area contributed by atoms with Crippen LogP contribution in [-0.2, 0) is 24.3 Å². The van der Waals surface area contributed by atoms with E-state index in [2.05, 4.69) is 11.4 Å². The normalized spacial score (nSPS) is 10.5. The van der Waals surface area contributed by atoms with Gasteiger partial charge in [0, 0.05) is 11.8 Å². The SMILES string of the molecule is C=CS(=O)(=O)c1ccc(C(=O)ON(C=O)C(=O)CC)cc1. The second-order valence-corrected chi connectivity index (χ2v) is 5.69. The van der Waals surface area contributed by atoms with Crippen molar-refractivity contribution < 1.29 is 27.6 Å². The number of hydroxylamine groups is 2. The van der Waals surface area contributed by atoms with Crippen molar-refractivity contribution >= 4 is 28.1 Å². The molecule has 2 amide bonds. The minimum absolute atomic E-state index is 0.00577. The van der Waals surface area contributed by atoms with E-state index in [1.54, 1.807) is 0 Å². The van der Waals surface area contributed by atoms with Crippen LogP contribution in [0, 0.1) is 0 Å². The van der Waals surface area contributed by atoms with Gasteiger partial charge >= 0.3 is 5.97 Å². The summed E-state index contributed by atoms with van der Waals surface area (Å²) < 4.78 is 23.0. The van der Waals surface area contributed by atoms with Gasteiger partial charge in [0.1, 0.15) is 0 Å². The van der Waals surface area contributed by atoms with E-state index in [0.717, 1.165) is 5.41 Å². The maximum Gasteiger partial charge on any atom is 0.363 e. The highest BCUT2D eigenvalue weighted by atomic mass is 32.2. The molecule has 0 atom stereocenters. The lowest BCUT2D eigenvalue weighted by Crippen LogP contribution is -2.31. The maximum absolute atomic E-state index is 11.7. The first-order valence-electron chi connectivity index (χ1n) is 5.83. The van der Waals surface area contributed by atoms with Crippen LogP contribution in [0.1, 0.15) is 23.7 Å². The molecule has 0 heterocycles. The molecule has 0 fully saturated rings. The van der Waals surface area contributed by atoms with Gasteiger partial charge in [-0.25, -0.2) is 13.2 Å². The number of benzene rings is 1. The van der Waals surface area contributed by atoms with Crippen LogP contribution in [0.2, 0.25) is 0 Å². The summed E-state index contributed by atoms with van der Waals surface area (Å²) in [5.41, 5.74) is -0.00577. The van der Waals surface area contributed by atoms with E-state index in [1.807, 2.05) is 0 Å². The predicted octanol–water partition coefficient (Wildman–Crippen LogP) is 1.07. The summed E-state index contributed by atoms with van der Waals surface area (Å²) in [5, 5.41) is 1.07. The summed E-state index contributed by atoms with van der Waals surface area (Å²) in [6.45, 7) is 4.68. The van der Waals surface area contributed by atoms with Crippen LogP contribution in [-0.4, -0.2) is 31.8 Å². The van der Waals surface area contributed by atoms with E-state index < -0.39 is 21.7 Å². The van der Waals surface area contributed by atoms with E-state index in [9.17, 15) is 22.8 Å². The average molecular weight is 311 g/mol. The predicted molar refractivity (Wildman–Crippen MR) is 72.4 cm³/mol. The maximum atomic E-state index is 11.7. The molecule has 1 aromatic carbocycles. The zero-order valence-corrected chi connectivity index (χ0v) is 12.0. The minimum atomic E-state index is -3.59. The Morgan fingerprint density at radius 1 is 1.29 bits per heavy atom. The average Bonchev–Trinajstić information content (AvgIpc) is 2.51. The summed E-state index contributed by atoms with van der Waals surface area (Å²) >= 11 is 0. The molecule has 0 saturated carbocycles. The van der Waals surface area contributed by atoms with Crippen LogP contribution >= 0.6 is 0 Å². The van der Waals surface area contributed by atoms with Gasteiger partial charge in [0.05, 0.1) is 10.5 Å². The highest BCUT2D eigenvalue weighted by Gasteiger charge is 2.18. The molecule has 0 unspecified atom stereocenters. The van der Waals surface area contributed by atoms with Gasteiger partial charge in [-0.05, 0) is 24.3 Å². The van der Waals surface area contributed by atoms with E-state index in [4.69, 9.17) is 0 Å². The van der Waals surface area contributed by atoms with Gasteiger partial charge in [0.2, 0.25) is 0 Å². The Morgan fingerprint density at radius 2 is 1.86 bits per heavy atom. The Bertz CT molecular complexity index is 662. The molecule has 0 bridgehead atoms. The van der Waals surface area contributed by atoms with Crippen LogP contribution in [0.15, 0.2) is 41.1 Å². The molecule has 0 radical (unpaired) electrons. The molecule has 0 aromatic heterocycles. The van der Waals surface area contributed by atoms with Crippen molar-refractivity contribution in [3.8, 4) is 0 Å². The topological polar surface area (TPSA) is 97.8 Å². The van der Waals surface area contributed by atoms with E-state index in [-0.39, 0.29) is 28.4 Å². The van der Waals surface area contributed by atoms with Gasteiger partial charge in [-0.2, -0.15) is 0 Å². The van der Waals surface area contributed by atoms with Crippen molar-refractivity contribution in [2.75, 3.05) is 0 Å². The Hall–Kier alpha value is -2.48. The lowest BCUT2D eigenvalue weighted by molar-refractivity contribution is -0.171. The number of amides is 2. The van der Waals surface area contributed by atoms with Gasteiger partial charge in [0.25, 0.3) is 12.3 Å². The van der Waals surface area contributed by atoms with E-state index in [1.165, 1.54) is 31.2 Å². The summed E-state index contributed by atoms with van der Waals surface area (Å²) in [4.78, 5) is 38.2. The number of carbonyl (C=O) groups excluding carboxylic acids is 3. The number of rotatable bonds is 5. The number of sulfone groups is 1. The summed E-state index contributed by atoms with van der Waals surface area (Å²) in [5.74, 6) is -1.63. The summed E-state index contributed by atoms with van der Waals surface area (Å²) in [6.07, 6.45) is 0.0722. The van der Waals surface area contributed by atoms with Crippen LogP contribution in [0.3, 0.4) is 0 Å². The fourth-order valence-electron chi connectivity index (χ4n) is 1.31. The van der Waals surface area contributed by atoms with Crippen LogP contribution in [0.4, 0.5) is 0 Å². The lowest BCUT2D eigenvalue weighted by Gasteiger charge is -2.13. The van der Waals surface area contributed by atoms with Gasteiger partial charge in [0.15, 0.2) is 9.84 Å².